The predicted molar refractivity (Wildman–Crippen MR) is 248 cm³/mol. The molecule has 0 bridgehead atoms. The molecule has 3 unspecified atom stereocenters. The van der Waals surface area contributed by atoms with E-state index < -0.39 is 0 Å². The third-order valence-electron chi connectivity index (χ3n) is 17.5. The van der Waals surface area contributed by atoms with Crippen molar-refractivity contribution in [3.05, 3.63) is 92.0 Å². The number of ether oxygens (including phenoxy) is 2. The van der Waals surface area contributed by atoms with Crippen LogP contribution < -0.4 is 10.4 Å². The number of fused-ring (bicyclic) bond motifs is 1. The molecule has 4 aliphatic carbocycles. The lowest BCUT2D eigenvalue weighted by Gasteiger charge is -2.43. The molecular weight excluding hydrogens is 759 g/mol. The van der Waals surface area contributed by atoms with Gasteiger partial charge in [-0.2, -0.15) is 0 Å². The van der Waals surface area contributed by atoms with Gasteiger partial charge in [0, 0.05) is 47.3 Å². The summed E-state index contributed by atoms with van der Waals surface area (Å²) in [5.41, 5.74) is 9.84. The van der Waals surface area contributed by atoms with Crippen LogP contribution in [0.4, 0.5) is 0 Å². The molecule has 1 fully saturated rings. The minimum Gasteiger partial charge on any atom is -0.382 e. The molecule has 12 aromatic carbocycles. The molecule has 3 atom stereocenters. The second-order valence-corrected chi connectivity index (χ2v) is 21.3. The van der Waals surface area contributed by atoms with E-state index in [1.54, 1.807) is 142 Å². The van der Waals surface area contributed by atoms with Crippen molar-refractivity contribution < 1.29 is 9.47 Å². The van der Waals surface area contributed by atoms with Gasteiger partial charge in [0.2, 0.25) is 0 Å². The number of rotatable bonds is 8. The van der Waals surface area contributed by atoms with Crippen molar-refractivity contribution in [2.24, 2.45) is 5.92 Å². The summed E-state index contributed by atoms with van der Waals surface area (Å²) >= 11 is 3.82. The van der Waals surface area contributed by atoms with Gasteiger partial charge < -0.3 is 9.47 Å². The Morgan fingerprint density at radius 3 is 2.07 bits per heavy atom. The van der Waals surface area contributed by atoms with Crippen LogP contribution in [0, 0.1) is 5.92 Å². The van der Waals surface area contributed by atoms with Crippen LogP contribution in [0.1, 0.15) is 34.7 Å². The molecule has 1 spiro atoms. The molecule has 1 saturated heterocycles. The Morgan fingerprint density at radius 1 is 0.627 bits per heavy atom. The number of hydrogen-bond donors (Lipinski definition) is 0. The van der Waals surface area contributed by atoms with Crippen LogP contribution in [0.3, 0.4) is 0 Å². The molecule has 5 heteroatoms. The third kappa shape index (κ3) is 2.61. The minimum atomic E-state index is -0.0558. The SMILES string of the molecule is COCCOCCN1CC2C3=c4c5c6c7c(cc8cc9cc%10cc%11cc%12c%13c(c4c4c5c5c7c8c7c9c%10c8c%11c%13c4c8c75)=C(C3)C%12)CC62C1c1csc(-c2cccs2)c1. The van der Waals surface area contributed by atoms with Gasteiger partial charge in [0.1, 0.15) is 0 Å². The molecule has 0 saturated carbocycles. The number of hydrogen-bond acceptors (Lipinski definition) is 5. The van der Waals surface area contributed by atoms with Crippen molar-refractivity contribution in [2.75, 3.05) is 40.0 Å². The van der Waals surface area contributed by atoms with Crippen molar-refractivity contribution >= 4 is 152 Å². The zero-order chi connectivity index (χ0) is 37.3. The van der Waals surface area contributed by atoms with Gasteiger partial charge in [0.25, 0.3) is 0 Å². The summed E-state index contributed by atoms with van der Waals surface area (Å²) in [6, 6.07) is 20.5. The van der Waals surface area contributed by atoms with Crippen molar-refractivity contribution in [1.82, 2.24) is 4.90 Å². The maximum Gasteiger partial charge on any atom is 0.0700 e. The summed E-state index contributed by atoms with van der Waals surface area (Å²) in [6.45, 7) is 4.01. The summed E-state index contributed by atoms with van der Waals surface area (Å²) in [6.07, 6.45) is 3.32. The molecule has 0 N–H and O–H groups in total. The van der Waals surface area contributed by atoms with E-state index in [2.05, 4.69) is 64.2 Å². The smallest absolute Gasteiger partial charge is 0.0700 e. The standard InChI is InChI=1S/C54H31NO2S2/c1-56-6-7-57-5-4-55-18-29-28-15-25-13-22-11-23-10-20-9-21-12-24-14-26-17-54(29,53(55)27-16-31(59-19-27)30-3-2-8-58-30)52-38(26)43-37(24)42-33(21)32(20)40-36(23)41-34(22)35(25)44-39(28)51(52)50-48(43)46(42)45(40)47(41)49(44)50/h2-3,8-12,14,16,19,29,53H,4-7,13,15,17-18H2,1H3. The quantitative estimate of drug-likeness (QED) is 0.113. The van der Waals surface area contributed by atoms with Gasteiger partial charge in [-0.3, -0.25) is 4.90 Å². The Bertz CT molecular complexity index is 4340. The summed E-state index contributed by atoms with van der Waals surface area (Å²) in [4.78, 5) is 5.68. The van der Waals surface area contributed by atoms with Crippen molar-refractivity contribution in [3.63, 3.8) is 0 Å². The van der Waals surface area contributed by atoms with E-state index in [-0.39, 0.29) is 11.5 Å². The summed E-state index contributed by atoms with van der Waals surface area (Å²) in [5, 5.41) is 42.8. The lowest BCUT2D eigenvalue weighted by atomic mass is 9.60. The topological polar surface area (TPSA) is 21.7 Å². The van der Waals surface area contributed by atoms with E-state index in [0.29, 0.717) is 19.1 Å². The molecule has 1 aliphatic heterocycles. The highest BCUT2D eigenvalue weighted by Gasteiger charge is 2.62. The molecule has 59 heavy (non-hydrogen) atoms. The second-order valence-electron chi connectivity index (χ2n) is 19.4. The first-order valence-electron chi connectivity index (χ1n) is 21.7. The molecular formula is C54H31NO2S2. The normalized spacial score (nSPS) is 22.7. The molecule has 5 aliphatic rings. The van der Waals surface area contributed by atoms with E-state index in [0.717, 1.165) is 39.0 Å². The highest BCUT2D eigenvalue weighted by atomic mass is 32.1. The Morgan fingerprint density at radius 2 is 1.31 bits per heavy atom. The van der Waals surface area contributed by atoms with Gasteiger partial charge >= 0.3 is 0 Å². The number of likely N-dealkylation sites (tertiary alicyclic amines) is 1. The maximum atomic E-state index is 6.33. The Labute approximate surface area is 343 Å². The van der Waals surface area contributed by atoms with Crippen LogP contribution in [-0.2, 0) is 27.7 Å². The average Bonchev–Trinajstić information content (AvgIpc) is 4.09. The van der Waals surface area contributed by atoms with Crippen LogP contribution in [0.5, 0.6) is 0 Å². The number of benzene rings is 8. The lowest BCUT2D eigenvalue weighted by Crippen LogP contribution is -2.43. The Kier molecular flexibility index (Phi) is 4.30. The van der Waals surface area contributed by atoms with Crippen LogP contribution in [0.15, 0.2) is 59.3 Å². The van der Waals surface area contributed by atoms with Gasteiger partial charge in [0.15, 0.2) is 0 Å². The average molecular weight is 790 g/mol. The molecule has 2 aromatic heterocycles. The first-order valence-corrected chi connectivity index (χ1v) is 23.4. The van der Waals surface area contributed by atoms with E-state index in [9.17, 15) is 0 Å². The maximum absolute atomic E-state index is 6.33. The summed E-state index contributed by atoms with van der Waals surface area (Å²) < 4.78 is 11.7. The molecule has 0 amide bonds. The van der Waals surface area contributed by atoms with Crippen LogP contribution in [-0.4, -0.2) is 44.9 Å². The Balaban J connectivity index is 1.05. The van der Waals surface area contributed by atoms with Gasteiger partial charge in [-0.05, 0) is 212 Å². The van der Waals surface area contributed by atoms with E-state index in [1.807, 2.05) is 22.7 Å². The molecule has 0 radical (unpaired) electrons. The van der Waals surface area contributed by atoms with Crippen molar-refractivity contribution in [3.8, 4) is 9.75 Å². The minimum absolute atomic E-state index is 0.0558. The van der Waals surface area contributed by atoms with E-state index >= 15 is 0 Å². The highest BCUT2D eigenvalue weighted by Crippen LogP contribution is 2.70. The van der Waals surface area contributed by atoms with Crippen LogP contribution in [0.25, 0.3) is 139 Å². The fraction of sp³-hybridized carbons (Fsp3) is 0.222. The third-order valence-corrected chi connectivity index (χ3v) is 19.6. The van der Waals surface area contributed by atoms with Gasteiger partial charge in [-0.1, -0.05) is 29.3 Å². The number of thiophene rings is 2. The van der Waals surface area contributed by atoms with Crippen molar-refractivity contribution in [1.29, 1.82) is 0 Å². The zero-order valence-electron chi connectivity index (χ0n) is 32.2. The number of nitrogens with zero attached hydrogens (tertiary/aromatic N) is 1. The molecule has 3 heterocycles. The van der Waals surface area contributed by atoms with Gasteiger partial charge in [-0.15, -0.1) is 22.7 Å². The number of methoxy groups -OCH3 is 1. The van der Waals surface area contributed by atoms with E-state index in [4.69, 9.17) is 9.47 Å². The van der Waals surface area contributed by atoms with Gasteiger partial charge in [0.05, 0.1) is 19.8 Å². The van der Waals surface area contributed by atoms with Gasteiger partial charge in [-0.25, -0.2) is 0 Å². The summed E-state index contributed by atoms with van der Waals surface area (Å²) in [7, 11) is 1.77. The predicted octanol–water partition coefficient (Wildman–Crippen LogP) is 11.5. The largest absolute Gasteiger partial charge is 0.382 e. The first-order chi connectivity index (χ1) is 29.2. The first kappa shape index (κ1) is 29.1. The molecule has 14 aromatic rings. The monoisotopic (exact) mass is 789 g/mol. The summed E-state index contributed by atoms with van der Waals surface area (Å²) in [5.74, 6) is 0.438. The fourth-order valence-electron chi connectivity index (χ4n) is 16.3. The highest BCUT2D eigenvalue weighted by molar-refractivity contribution is 7.20. The van der Waals surface area contributed by atoms with E-state index in [1.165, 1.54) is 36.9 Å². The van der Waals surface area contributed by atoms with Crippen molar-refractivity contribution in [2.45, 2.75) is 30.7 Å². The fourth-order valence-corrected chi connectivity index (χ4v) is 18.0. The lowest BCUT2D eigenvalue weighted by molar-refractivity contribution is 0.0525. The Hall–Kier alpha value is -5.14. The molecule has 3 nitrogen and oxygen atoms in total. The second kappa shape index (κ2) is 8.70. The van der Waals surface area contributed by atoms with Crippen LogP contribution in [0.2, 0.25) is 0 Å². The molecule has 19 rings (SSSR count). The van der Waals surface area contributed by atoms with Crippen LogP contribution >= 0.6 is 22.7 Å². The molecule has 276 valence electrons. The zero-order valence-corrected chi connectivity index (χ0v) is 33.8.